The number of benzene rings is 1. The molecule has 1 aromatic carbocycles. The summed E-state index contributed by atoms with van der Waals surface area (Å²) in [4.78, 5) is 25.9. The number of piperazine rings is 1. The van der Waals surface area contributed by atoms with E-state index in [2.05, 4.69) is 14.9 Å². The molecule has 2 fully saturated rings. The van der Waals surface area contributed by atoms with Gasteiger partial charge in [0.15, 0.2) is 0 Å². The van der Waals surface area contributed by atoms with Gasteiger partial charge in [0.1, 0.15) is 29.2 Å². The van der Waals surface area contributed by atoms with E-state index in [4.69, 9.17) is 16.3 Å². The molecule has 180 valence electrons. The number of ether oxygens (including phenoxy) is 1. The maximum atomic E-state index is 14.1. The Hall–Kier alpha value is -2.87. The number of nitrogens with zero attached hydrogens (tertiary/aromatic N) is 5. The van der Waals surface area contributed by atoms with E-state index in [-0.39, 0.29) is 12.1 Å². The van der Waals surface area contributed by atoms with Crippen molar-refractivity contribution < 1.29 is 13.9 Å². The van der Waals surface area contributed by atoms with Gasteiger partial charge in [-0.05, 0) is 70.2 Å². The van der Waals surface area contributed by atoms with Crippen molar-refractivity contribution in [3.05, 3.63) is 47.1 Å². The summed E-state index contributed by atoms with van der Waals surface area (Å²) in [6.07, 6.45) is 5.53. The Morgan fingerprint density at radius 2 is 1.94 bits per heavy atom. The average Bonchev–Trinajstić information content (AvgIpc) is 3.51. The van der Waals surface area contributed by atoms with Gasteiger partial charge in [-0.1, -0.05) is 11.6 Å². The quantitative estimate of drug-likeness (QED) is 0.487. The van der Waals surface area contributed by atoms with Gasteiger partial charge in [0, 0.05) is 36.9 Å². The summed E-state index contributed by atoms with van der Waals surface area (Å²) in [5.41, 5.74) is 2.01. The summed E-state index contributed by atoms with van der Waals surface area (Å²) in [5.74, 6) is 0.903. The highest BCUT2D eigenvalue weighted by atomic mass is 35.5. The molecule has 34 heavy (non-hydrogen) atoms. The minimum absolute atomic E-state index is 0.0397. The zero-order valence-corrected chi connectivity index (χ0v) is 20.6. The molecule has 7 nitrogen and oxygen atoms in total. The Balaban J connectivity index is 1.50. The van der Waals surface area contributed by atoms with Gasteiger partial charge in [-0.25, -0.2) is 19.2 Å². The highest BCUT2D eigenvalue weighted by Crippen LogP contribution is 2.46. The first-order valence-corrected chi connectivity index (χ1v) is 12.1. The van der Waals surface area contributed by atoms with E-state index in [1.54, 1.807) is 17.3 Å². The Kier molecular flexibility index (Phi) is 5.67. The Morgan fingerprint density at radius 3 is 2.59 bits per heavy atom. The van der Waals surface area contributed by atoms with Crippen molar-refractivity contribution in [1.29, 1.82) is 0 Å². The monoisotopic (exact) mass is 485 g/mol. The first kappa shape index (κ1) is 22.9. The molecule has 5 rings (SSSR count). The van der Waals surface area contributed by atoms with Crippen LogP contribution in [-0.4, -0.2) is 56.8 Å². The number of rotatable bonds is 3. The van der Waals surface area contributed by atoms with Crippen LogP contribution >= 0.6 is 11.6 Å². The van der Waals surface area contributed by atoms with Gasteiger partial charge < -0.3 is 19.1 Å². The van der Waals surface area contributed by atoms with Crippen molar-refractivity contribution in [3.8, 4) is 5.69 Å². The molecule has 1 aliphatic carbocycles. The van der Waals surface area contributed by atoms with E-state index in [0.29, 0.717) is 36.3 Å². The molecule has 2 aromatic heterocycles. The number of hydrogen-bond acceptors (Lipinski definition) is 5. The Labute approximate surface area is 203 Å². The molecule has 1 atom stereocenters. The van der Waals surface area contributed by atoms with Gasteiger partial charge in [0.25, 0.3) is 0 Å². The number of anilines is 1. The highest BCUT2D eigenvalue weighted by molar-refractivity contribution is 6.30. The second kappa shape index (κ2) is 8.41. The van der Waals surface area contributed by atoms with Crippen molar-refractivity contribution in [2.75, 3.05) is 24.5 Å². The molecule has 1 saturated heterocycles. The summed E-state index contributed by atoms with van der Waals surface area (Å²) in [6, 6.07) is 4.46. The maximum Gasteiger partial charge on any atom is 0.410 e. The largest absolute Gasteiger partial charge is 0.444 e. The van der Waals surface area contributed by atoms with Crippen molar-refractivity contribution in [2.24, 2.45) is 0 Å². The van der Waals surface area contributed by atoms with E-state index >= 15 is 0 Å². The molecule has 3 heterocycles. The van der Waals surface area contributed by atoms with Crippen molar-refractivity contribution >= 4 is 34.5 Å². The predicted octanol–water partition coefficient (Wildman–Crippen LogP) is 5.54. The molecule has 2 aliphatic rings. The highest BCUT2D eigenvalue weighted by Gasteiger charge is 2.34. The fourth-order valence-electron chi connectivity index (χ4n) is 4.63. The average molecular weight is 486 g/mol. The second-order valence-electron chi connectivity index (χ2n) is 10.2. The van der Waals surface area contributed by atoms with Crippen LogP contribution in [0.2, 0.25) is 5.02 Å². The number of halogens is 2. The Bertz CT molecular complexity index is 1230. The number of amides is 1. The third-order valence-corrected chi connectivity index (χ3v) is 6.51. The zero-order chi connectivity index (χ0) is 24.2. The van der Waals surface area contributed by atoms with Gasteiger partial charge in [0.05, 0.1) is 11.1 Å². The summed E-state index contributed by atoms with van der Waals surface area (Å²) in [5, 5.41) is 1.33. The topological polar surface area (TPSA) is 63.5 Å². The molecule has 1 aliphatic heterocycles. The molecule has 0 spiro atoms. The standard InChI is InChI=1S/C25H29ClFN5O2/c1-15-12-30(7-8-31(15)24(33)34-25(2,3)4)22-21-20(16-5-6-16)13-32(23(21)29-14-28-22)19-10-17(26)9-18(27)11-19/h9-11,13-16H,5-8,12H2,1-4H3/t15-/m1/s1. The van der Waals surface area contributed by atoms with Crippen LogP contribution < -0.4 is 4.90 Å². The van der Waals surface area contributed by atoms with E-state index in [9.17, 15) is 9.18 Å². The van der Waals surface area contributed by atoms with Gasteiger partial charge in [-0.3, -0.25) is 0 Å². The molecular formula is C25H29ClFN5O2. The van der Waals surface area contributed by atoms with Crippen LogP contribution in [0, 0.1) is 5.82 Å². The summed E-state index contributed by atoms with van der Waals surface area (Å²) < 4.78 is 21.6. The lowest BCUT2D eigenvalue weighted by Crippen LogP contribution is -2.55. The third kappa shape index (κ3) is 4.43. The minimum atomic E-state index is -0.533. The normalized spacial score (nSPS) is 19.1. The van der Waals surface area contributed by atoms with Crippen LogP contribution in [0.4, 0.5) is 15.0 Å². The zero-order valence-electron chi connectivity index (χ0n) is 19.9. The van der Waals surface area contributed by atoms with Crippen LogP contribution in [-0.2, 0) is 4.74 Å². The summed E-state index contributed by atoms with van der Waals surface area (Å²) in [7, 11) is 0. The Morgan fingerprint density at radius 1 is 1.18 bits per heavy atom. The fraction of sp³-hybridized carbons (Fsp3) is 0.480. The summed E-state index contributed by atoms with van der Waals surface area (Å²) in [6.45, 7) is 9.46. The van der Waals surface area contributed by atoms with Crippen LogP contribution in [0.3, 0.4) is 0 Å². The fourth-order valence-corrected chi connectivity index (χ4v) is 4.85. The van der Waals surface area contributed by atoms with Gasteiger partial charge in [-0.2, -0.15) is 0 Å². The molecule has 0 bridgehead atoms. The van der Waals surface area contributed by atoms with Crippen LogP contribution in [0.25, 0.3) is 16.7 Å². The number of carbonyl (C=O) groups is 1. The number of aromatic nitrogens is 3. The van der Waals surface area contributed by atoms with E-state index in [0.717, 1.165) is 29.7 Å². The van der Waals surface area contributed by atoms with Gasteiger partial charge >= 0.3 is 6.09 Å². The van der Waals surface area contributed by atoms with Gasteiger partial charge in [-0.15, -0.1) is 0 Å². The maximum absolute atomic E-state index is 14.1. The number of carbonyl (C=O) groups excluding carboxylic acids is 1. The molecule has 1 amide bonds. The first-order chi connectivity index (χ1) is 16.1. The predicted molar refractivity (Wildman–Crippen MR) is 130 cm³/mol. The number of fused-ring (bicyclic) bond motifs is 1. The number of hydrogen-bond donors (Lipinski definition) is 0. The van der Waals surface area contributed by atoms with Crippen LogP contribution in [0.1, 0.15) is 52.0 Å². The lowest BCUT2D eigenvalue weighted by atomic mass is 10.1. The second-order valence-corrected chi connectivity index (χ2v) is 10.7. The van der Waals surface area contributed by atoms with Crippen LogP contribution in [0.15, 0.2) is 30.7 Å². The van der Waals surface area contributed by atoms with Crippen LogP contribution in [0.5, 0.6) is 0 Å². The summed E-state index contributed by atoms with van der Waals surface area (Å²) >= 11 is 6.14. The SMILES string of the molecule is C[C@@H]1CN(c2ncnc3c2c(C2CC2)cn3-c2cc(F)cc(Cl)c2)CCN1C(=O)OC(C)(C)C. The lowest BCUT2D eigenvalue weighted by molar-refractivity contribution is 0.0159. The first-order valence-electron chi connectivity index (χ1n) is 11.7. The lowest BCUT2D eigenvalue weighted by Gasteiger charge is -2.40. The van der Waals surface area contributed by atoms with E-state index < -0.39 is 11.4 Å². The molecule has 0 unspecified atom stereocenters. The van der Waals surface area contributed by atoms with Crippen molar-refractivity contribution in [2.45, 2.75) is 58.1 Å². The molecule has 0 radical (unpaired) electrons. The minimum Gasteiger partial charge on any atom is -0.444 e. The molecule has 3 aromatic rings. The smallest absolute Gasteiger partial charge is 0.410 e. The van der Waals surface area contributed by atoms with Crippen molar-refractivity contribution in [1.82, 2.24) is 19.4 Å². The third-order valence-electron chi connectivity index (χ3n) is 6.29. The van der Waals surface area contributed by atoms with Gasteiger partial charge in [0.2, 0.25) is 0 Å². The van der Waals surface area contributed by atoms with Crippen molar-refractivity contribution in [3.63, 3.8) is 0 Å². The molecular weight excluding hydrogens is 457 g/mol. The molecule has 1 saturated carbocycles. The van der Waals surface area contributed by atoms with E-state index in [1.165, 1.54) is 17.7 Å². The van der Waals surface area contributed by atoms with E-state index in [1.807, 2.05) is 38.5 Å². The molecule has 0 N–H and O–H groups in total. The molecule has 9 heteroatoms.